The number of hydrogen-bond donors (Lipinski definition) is 3. The molecule has 1 saturated carbocycles. The number of aromatic nitrogens is 1. The molecular formula is C31H38Cl3N3O6. The van der Waals surface area contributed by atoms with Gasteiger partial charge in [0.1, 0.15) is 11.4 Å². The number of carbonyl (C=O) groups is 2. The third-order valence-corrected chi connectivity index (χ3v) is 7.49. The molecule has 0 radical (unpaired) electrons. The molecule has 234 valence electrons. The number of carbonyl (C=O) groups excluding carboxylic acids is 1. The lowest BCUT2D eigenvalue weighted by atomic mass is 9.93. The topological polar surface area (TPSA) is 121 Å². The van der Waals surface area contributed by atoms with E-state index in [0.29, 0.717) is 33.8 Å². The molecular weight excluding hydrogens is 617 g/mol. The number of methoxy groups -OCH3 is 1. The Morgan fingerprint density at radius 1 is 0.977 bits per heavy atom. The minimum Gasteiger partial charge on any atom is -0.492 e. The zero-order valence-corrected chi connectivity index (χ0v) is 26.7. The van der Waals surface area contributed by atoms with Crippen LogP contribution in [-0.4, -0.2) is 78.7 Å². The van der Waals surface area contributed by atoms with Crippen molar-refractivity contribution in [3.63, 3.8) is 0 Å². The molecule has 0 spiro atoms. The average Bonchev–Trinajstić information content (AvgIpc) is 2.96. The van der Waals surface area contributed by atoms with Gasteiger partial charge in [0.2, 0.25) is 0 Å². The number of amides is 1. The van der Waals surface area contributed by atoms with Gasteiger partial charge in [0.05, 0.1) is 23.4 Å². The molecule has 0 atom stereocenters. The van der Waals surface area contributed by atoms with Crippen molar-refractivity contribution >= 4 is 47.7 Å². The lowest BCUT2D eigenvalue weighted by Crippen LogP contribution is -2.39. The summed E-state index contributed by atoms with van der Waals surface area (Å²) in [5.41, 5.74) is 3.46. The molecule has 1 heterocycles. The number of benzene rings is 2. The fourth-order valence-corrected chi connectivity index (χ4v) is 5.14. The lowest BCUT2D eigenvalue weighted by molar-refractivity contribution is 0.0598. The van der Waals surface area contributed by atoms with Crippen molar-refractivity contribution in [2.75, 3.05) is 34.4 Å². The number of ether oxygens (including phenoxy) is 2. The number of hydrogen-bond acceptors (Lipinski definition) is 6. The Kier molecular flexibility index (Phi) is 15.0. The van der Waals surface area contributed by atoms with Crippen LogP contribution in [0.5, 0.6) is 5.75 Å². The summed E-state index contributed by atoms with van der Waals surface area (Å²) in [5.74, 6) is 0.395. The van der Waals surface area contributed by atoms with E-state index in [4.69, 9.17) is 52.7 Å². The van der Waals surface area contributed by atoms with Crippen LogP contribution in [0, 0.1) is 0 Å². The van der Waals surface area contributed by atoms with E-state index < -0.39 is 6.16 Å². The largest absolute Gasteiger partial charge is 0.503 e. The summed E-state index contributed by atoms with van der Waals surface area (Å²) >= 11 is 13.0. The highest BCUT2D eigenvalue weighted by Gasteiger charge is 2.24. The standard InChI is InChI=1S/C30H35Cl2N3O3.CH2O3.ClH/c1-35(2)17-6-18-38-28-19-20(9-15-26(28)32)29-24(23-7-4-5-8-25(23)31)14-16-27(34-29)30(36)33-21-10-12-22(37-3)13-11-21;2-1(3)4;/h4-5,7-9,14-16,19,21-22H,6,10-13,17-18H2,1-3H3,(H,33,36);(H2,2,3,4);1H/t21-,22-;;. The fraction of sp³-hybridized carbons (Fsp3) is 0.387. The SMILES string of the molecule is CO[C@H]1CC[C@H](NC(=O)c2ccc(-c3ccccc3Cl)c(-c3ccc(Cl)c(OCCCN(C)C)c3)n2)CC1.Cl.O=C(O)O. The minimum absolute atomic E-state index is 0. The van der Waals surface area contributed by atoms with E-state index in [0.717, 1.165) is 55.3 Å². The Balaban J connectivity index is 0.00000121. The van der Waals surface area contributed by atoms with Gasteiger partial charge in [0.25, 0.3) is 5.91 Å². The fourth-order valence-electron chi connectivity index (χ4n) is 4.73. The van der Waals surface area contributed by atoms with Crippen LogP contribution in [0.4, 0.5) is 4.79 Å². The summed E-state index contributed by atoms with van der Waals surface area (Å²) in [6.45, 7) is 1.46. The lowest BCUT2D eigenvalue weighted by Gasteiger charge is -2.28. The highest BCUT2D eigenvalue weighted by Crippen LogP contribution is 2.38. The van der Waals surface area contributed by atoms with E-state index in [9.17, 15) is 4.79 Å². The molecule has 3 N–H and O–H groups in total. The van der Waals surface area contributed by atoms with Crippen LogP contribution in [-0.2, 0) is 4.74 Å². The highest BCUT2D eigenvalue weighted by molar-refractivity contribution is 6.33. The zero-order chi connectivity index (χ0) is 30.6. The Hall–Kier alpha value is -3.08. The van der Waals surface area contributed by atoms with Gasteiger partial charge in [-0.1, -0.05) is 47.5 Å². The van der Waals surface area contributed by atoms with E-state index in [-0.39, 0.29) is 30.5 Å². The van der Waals surface area contributed by atoms with Crippen LogP contribution in [0.25, 0.3) is 22.4 Å². The minimum atomic E-state index is -1.83. The molecule has 0 aliphatic heterocycles. The first-order valence-corrected chi connectivity index (χ1v) is 14.4. The van der Waals surface area contributed by atoms with E-state index in [1.54, 1.807) is 19.2 Å². The molecule has 3 aromatic rings. The third-order valence-electron chi connectivity index (χ3n) is 6.85. The number of halogens is 3. The number of carboxylic acid groups (broad SMARTS) is 2. The summed E-state index contributed by atoms with van der Waals surface area (Å²) in [5, 5.41) is 18.2. The van der Waals surface area contributed by atoms with Crippen molar-refractivity contribution in [2.24, 2.45) is 0 Å². The summed E-state index contributed by atoms with van der Waals surface area (Å²) < 4.78 is 11.5. The Morgan fingerprint density at radius 3 is 2.28 bits per heavy atom. The van der Waals surface area contributed by atoms with Gasteiger partial charge in [-0.15, -0.1) is 12.4 Å². The van der Waals surface area contributed by atoms with Crippen molar-refractivity contribution in [1.29, 1.82) is 0 Å². The predicted octanol–water partition coefficient (Wildman–Crippen LogP) is 7.38. The van der Waals surface area contributed by atoms with Crippen LogP contribution >= 0.6 is 35.6 Å². The van der Waals surface area contributed by atoms with Crippen LogP contribution < -0.4 is 10.1 Å². The molecule has 43 heavy (non-hydrogen) atoms. The second-order valence-electron chi connectivity index (χ2n) is 10.2. The van der Waals surface area contributed by atoms with Crippen LogP contribution in [0.15, 0.2) is 54.6 Å². The molecule has 12 heteroatoms. The molecule has 4 rings (SSSR count). The highest BCUT2D eigenvalue weighted by atomic mass is 35.5. The van der Waals surface area contributed by atoms with E-state index in [1.807, 2.05) is 56.6 Å². The molecule has 2 aromatic carbocycles. The summed E-state index contributed by atoms with van der Waals surface area (Å²) in [6, 6.07) is 17.0. The molecule has 1 aliphatic carbocycles. The van der Waals surface area contributed by atoms with Gasteiger partial charge >= 0.3 is 6.16 Å². The van der Waals surface area contributed by atoms with Gasteiger partial charge in [-0.2, -0.15) is 0 Å². The normalized spacial score (nSPS) is 16.0. The van der Waals surface area contributed by atoms with Gasteiger partial charge in [-0.25, -0.2) is 9.78 Å². The maximum absolute atomic E-state index is 13.2. The zero-order valence-electron chi connectivity index (χ0n) is 24.4. The van der Waals surface area contributed by atoms with Gasteiger partial charge in [0.15, 0.2) is 0 Å². The Bertz CT molecular complexity index is 1350. The molecule has 0 bridgehead atoms. The van der Waals surface area contributed by atoms with Crippen LogP contribution in [0.2, 0.25) is 10.0 Å². The quantitative estimate of drug-likeness (QED) is 0.194. The van der Waals surface area contributed by atoms with Crippen LogP contribution in [0.3, 0.4) is 0 Å². The van der Waals surface area contributed by atoms with Gasteiger partial charge in [-0.3, -0.25) is 4.79 Å². The van der Waals surface area contributed by atoms with Crippen molar-refractivity contribution in [3.05, 3.63) is 70.3 Å². The maximum atomic E-state index is 13.2. The number of nitrogens with one attached hydrogen (secondary N) is 1. The van der Waals surface area contributed by atoms with Gasteiger partial charge in [-0.05, 0) is 76.5 Å². The maximum Gasteiger partial charge on any atom is 0.503 e. The molecule has 1 aromatic heterocycles. The van der Waals surface area contributed by atoms with Crippen LogP contribution in [0.1, 0.15) is 42.6 Å². The first-order valence-electron chi connectivity index (χ1n) is 13.7. The van der Waals surface area contributed by atoms with E-state index in [2.05, 4.69) is 10.2 Å². The molecule has 1 amide bonds. The molecule has 0 unspecified atom stereocenters. The molecule has 9 nitrogen and oxygen atoms in total. The smallest absolute Gasteiger partial charge is 0.492 e. The summed E-state index contributed by atoms with van der Waals surface area (Å²) in [6.07, 6.45) is 2.97. The van der Waals surface area contributed by atoms with Crippen molar-refractivity contribution in [2.45, 2.75) is 44.2 Å². The average molecular weight is 655 g/mol. The van der Waals surface area contributed by atoms with Gasteiger partial charge < -0.3 is 29.9 Å². The number of pyridine rings is 1. The summed E-state index contributed by atoms with van der Waals surface area (Å²) in [4.78, 5) is 28.7. The number of rotatable bonds is 10. The van der Waals surface area contributed by atoms with E-state index >= 15 is 0 Å². The summed E-state index contributed by atoms with van der Waals surface area (Å²) in [7, 11) is 5.80. The monoisotopic (exact) mass is 653 g/mol. The molecule has 0 saturated heterocycles. The third kappa shape index (κ3) is 11.2. The second-order valence-corrected chi connectivity index (χ2v) is 11.0. The molecule has 1 fully saturated rings. The van der Waals surface area contributed by atoms with Crippen molar-refractivity contribution in [1.82, 2.24) is 15.2 Å². The first-order chi connectivity index (χ1) is 20.1. The first kappa shape index (κ1) is 36.1. The second kappa shape index (κ2) is 17.9. The van der Waals surface area contributed by atoms with Gasteiger partial charge in [0, 0.05) is 41.4 Å². The predicted molar refractivity (Wildman–Crippen MR) is 172 cm³/mol. The van der Waals surface area contributed by atoms with Crippen molar-refractivity contribution in [3.8, 4) is 28.1 Å². The Labute approximate surface area is 268 Å². The number of nitrogens with zero attached hydrogens (tertiary/aromatic N) is 2. The molecule has 1 aliphatic rings. The Morgan fingerprint density at radius 2 is 1.65 bits per heavy atom. The van der Waals surface area contributed by atoms with E-state index in [1.165, 1.54) is 0 Å². The van der Waals surface area contributed by atoms with Crippen molar-refractivity contribution < 1.29 is 29.3 Å².